The van der Waals surface area contributed by atoms with Crippen LogP contribution >= 0.6 is 0 Å². The van der Waals surface area contributed by atoms with Crippen LogP contribution in [-0.4, -0.2) is 24.6 Å². The predicted octanol–water partition coefficient (Wildman–Crippen LogP) is 6.42. The second kappa shape index (κ2) is 8.72. The average molecular weight is 466 g/mol. The molecule has 5 aromatic rings. The van der Waals surface area contributed by atoms with Gasteiger partial charge in [-0.05, 0) is 60.5 Å². The molecule has 0 spiro atoms. The van der Waals surface area contributed by atoms with Gasteiger partial charge in [-0.15, -0.1) is 0 Å². The highest BCUT2D eigenvalue weighted by molar-refractivity contribution is 7.90. The van der Waals surface area contributed by atoms with E-state index in [9.17, 15) is 8.42 Å². The summed E-state index contributed by atoms with van der Waals surface area (Å²) in [5, 5.41) is 4.50. The van der Waals surface area contributed by atoms with Crippen LogP contribution in [0.2, 0.25) is 0 Å². The summed E-state index contributed by atoms with van der Waals surface area (Å²) in [6.07, 6.45) is 4.80. The van der Waals surface area contributed by atoms with Crippen LogP contribution in [0.4, 0.5) is 11.4 Å². The number of anilines is 2. The third-order valence-electron chi connectivity index (χ3n) is 5.71. The Morgan fingerprint density at radius 2 is 1.50 bits per heavy atom. The predicted molar refractivity (Wildman–Crippen MR) is 138 cm³/mol. The smallest absolute Gasteiger partial charge is 0.175 e. The van der Waals surface area contributed by atoms with Gasteiger partial charge >= 0.3 is 0 Å². The molecule has 34 heavy (non-hydrogen) atoms. The largest absolute Gasteiger partial charge is 0.355 e. The minimum Gasteiger partial charge on any atom is -0.355 e. The summed E-state index contributed by atoms with van der Waals surface area (Å²) in [4.78, 5) is 9.39. The van der Waals surface area contributed by atoms with Crippen molar-refractivity contribution in [3.8, 4) is 22.4 Å². The number of benzene rings is 3. The number of nitrogens with one attached hydrogen (secondary N) is 1. The SMILES string of the molecule is Cc1cccc(-c2cc(Nc3ccnc4cc(-c5ccc(S(C)(=O)=O)cc5)ccc34)ccn2)c1. The lowest BCUT2D eigenvalue weighted by atomic mass is 10.0. The minimum atomic E-state index is -3.22. The second-order valence-corrected chi connectivity index (χ2v) is 10.3. The topological polar surface area (TPSA) is 72.0 Å². The number of sulfone groups is 1. The molecule has 0 fully saturated rings. The van der Waals surface area contributed by atoms with Gasteiger partial charge in [-0.25, -0.2) is 8.42 Å². The van der Waals surface area contributed by atoms with E-state index in [0.717, 1.165) is 44.7 Å². The van der Waals surface area contributed by atoms with Crippen molar-refractivity contribution in [2.24, 2.45) is 0 Å². The molecule has 6 heteroatoms. The summed E-state index contributed by atoms with van der Waals surface area (Å²) in [5.41, 5.74) is 7.84. The lowest BCUT2D eigenvalue weighted by molar-refractivity contribution is 0.602. The number of rotatable bonds is 5. The molecule has 5 rings (SSSR count). The van der Waals surface area contributed by atoms with E-state index in [-0.39, 0.29) is 0 Å². The van der Waals surface area contributed by atoms with Crippen LogP contribution in [0.5, 0.6) is 0 Å². The van der Waals surface area contributed by atoms with Crippen molar-refractivity contribution in [1.82, 2.24) is 9.97 Å². The first kappa shape index (κ1) is 21.8. The van der Waals surface area contributed by atoms with Gasteiger partial charge in [0.15, 0.2) is 9.84 Å². The van der Waals surface area contributed by atoms with E-state index < -0.39 is 9.84 Å². The Balaban J connectivity index is 1.46. The first-order valence-corrected chi connectivity index (χ1v) is 12.8. The van der Waals surface area contributed by atoms with Gasteiger partial charge in [0.05, 0.1) is 16.1 Å². The summed E-state index contributed by atoms with van der Waals surface area (Å²) in [6.45, 7) is 2.07. The normalized spacial score (nSPS) is 11.5. The van der Waals surface area contributed by atoms with Gasteiger partial charge in [-0.1, -0.05) is 48.0 Å². The van der Waals surface area contributed by atoms with Crippen molar-refractivity contribution in [3.63, 3.8) is 0 Å². The average Bonchev–Trinajstić information content (AvgIpc) is 2.84. The number of fused-ring (bicyclic) bond motifs is 1. The van der Waals surface area contributed by atoms with Crippen molar-refractivity contribution in [1.29, 1.82) is 0 Å². The number of aryl methyl sites for hydroxylation is 1. The van der Waals surface area contributed by atoms with Crippen LogP contribution < -0.4 is 5.32 Å². The van der Waals surface area contributed by atoms with Gasteiger partial charge in [0.1, 0.15) is 0 Å². The van der Waals surface area contributed by atoms with Crippen LogP contribution in [0, 0.1) is 6.92 Å². The van der Waals surface area contributed by atoms with E-state index >= 15 is 0 Å². The molecule has 0 atom stereocenters. The zero-order valence-electron chi connectivity index (χ0n) is 18.9. The van der Waals surface area contributed by atoms with Crippen LogP contribution in [0.15, 0.2) is 102 Å². The van der Waals surface area contributed by atoms with Gasteiger partial charge in [-0.2, -0.15) is 0 Å². The molecule has 0 amide bonds. The quantitative estimate of drug-likeness (QED) is 0.324. The summed E-state index contributed by atoms with van der Waals surface area (Å²) >= 11 is 0. The van der Waals surface area contributed by atoms with Crippen LogP contribution in [0.25, 0.3) is 33.3 Å². The molecule has 0 aliphatic rings. The maximum Gasteiger partial charge on any atom is 0.175 e. The van der Waals surface area contributed by atoms with Crippen molar-refractivity contribution in [2.75, 3.05) is 11.6 Å². The zero-order valence-corrected chi connectivity index (χ0v) is 19.7. The Bertz CT molecular complexity index is 1610. The van der Waals surface area contributed by atoms with E-state index in [1.165, 1.54) is 11.8 Å². The molecule has 0 unspecified atom stereocenters. The van der Waals surface area contributed by atoms with Crippen molar-refractivity contribution in [2.45, 2.75) is 11.8 Å². The Kier molecular flexibility index (Phi) is 5.59. The highest BCUT2D eigenvalue weighted by Gasteiger charge is 2.09. The van der Waals surface area contributed by atoms with Gasteiger partial charge in [0.2, 0.25) is 0 Å². The van der Waals surface area contributed by atoms with E-state index in [1.807, 2.05) is 60.8 Å². The fourth-order valence-corrected chi connectivity index (χ4v) is 4.59. The molecule has 0 bridgehead atoms. The summed E-state index contributed by atoms with van der Waals surface area (Å²) in [7, 11) is -3.22. The van der Waals surface area contributed by atoms with Crippen LogP contribution in [0.3, 0.4) is 0 Å². The van der Waals surface area contributed by atoms with Gasteiger partial charge < -0.3 is 5.32 Å². The zero-order chi connectivity index (χ0) is 23.7. The van der Waals surface area contributed by atoms with Crippen molar-refractivity contribution < 1.29 is 8.42 Å². The summed E-state index contributed by atoms with van der Waals surface area (Å²) < 4.78 is 23.5. The fourth-order valence-electron chi connectivity index (χ4n) is 3.96. The first-order valence-electron chi connectivity index (χ1n) is 10.9. The standard InChI is InChI=1S/C28H23N3O2S/c1-19-4-3-5-22(16-19)27-18-23(12-14-29-27)31-26-13-15-30-28-17-21(8-11-25(26)28)20-6-9-24(10-7-20)34(2,32)33/h3-18H,1-2H3,(H,29,30,31). The summed E-state index contributed by atoms with van der Waals surface area (Å²) in [5.74, 6) is 0. The Hall–Kier alpha value is -4.03. The Labute approximate surface area is 199 Å². The van der Waals surface area contributed by atoms with Crippen LogP contribution in [0.1, 0.15) is 5.56 Å². The van der Waals surface area contributed by atoms with Crippen molar-refractivity contribution in [3.05, 3.63) is 103 Å². The highest BCUT2D eigenvalue weighted by atomic mass is 32.2. The molecule has 1 N–H and O–H groups in total. The monoisotopic (exact) mass is 465 g/mol. The van der Waals surface area contributed by atoms with Gasteiger partial charge in [0.25, 0.3) is 0 Å². The van der Waals surface area contributed by atoms with E-state index in [1.54, 1.807) is 18.3 Å². The molecule has 168 valence electrons. The number of hydrogen-bond donors (Lipinski definition) is 1. The number of aromatic nitrogens is 2. The third kappa shape index (κ3) is 4.54. The maximum atomic E-state index is 11.7. The van der Waals surface area contributed by atoms with E-state index in [2.05, 4.69) is 40.4 Å². The van der Waals surface area contributed by atoms with Crippen molar-refractivity contribution >= 4 is 32.1 Å². The molecule has 5 nitrogen and oxygen atoms in total. The number of hydrogen-bond acceptors (Lipinski definition) is 5. The molecule has 0 aliphatic heterocycles. The molecule has 0 aliphatic carbocycles. The van der Waals surface area contributed by atoms with Gasteiger partial charge in [-0.3, -0.25) is 9.97 Å². The summed E-state index contributed by atoms with van der Waals surface area (Å²) in [6, 6.07) is 27.2. The lowest BCUT2D eigenvalue weighted by Gasteiger charge is -2.12. The highest BCUT2D eigenvalue weighted by Crippen LogP contribution is 2.30. The molecule has 0 saturated heterocycles. The molecular formula is C28H23N3O2S. The van der Waals surface area contributed by atoms with Crippen LogP contribution in [-0.2, 0) is 9.84 Å². The first-order chi connectivity index (χ1) is 16.4. The van der Waals surface area contributed by atoms with E-state index in [4.69, 9.17) is 0 Å². The van der Waals surface area contributed by atoms with E-state index in [0.29, 0.717) is 4.90 Å². The second-order valence-electron chi connectivity index (χ2n) is 8.31. The Morgan fingerprint density at radius 3 is 2.26 bits per heavy atom. The third-order valence-corrected chi connectivity index (χ3v) is 6.84. The molecule has 0 saturated carbocycles. The fraction of sp³-hybridized carbons (Fsp3) is 0.0714. The number of pyridine rings is 2. The molecule has 2 heterocycles. The lowest BCUT2D eigenvalue weighted by Crippen LogP contribution is -1.96. The molecular weight excluding hydrogens is 442 g/mol. The molecule has 0 radical (unpaired) electrons. The van der Waals surface area contributed by atoms with Gasteiger partial charge in [0, 0.05) is 41.0 Å². The minimum absolute atomic E-state index is 0.309. The number of nitrogens with zero attached hydrogens (tertiary/aromatic N) is 2. The Morgan fingerprint density at radius 1 is 0.735 bits per heavy atom. The molecule has 2 aromatic heterocycles. The molecule has 3 aromatic carbocycles. The maximum absolute atomic E-state index is 11.7.